The van der Waals surface area contributed by atoms with Crippen LogP contribution in [0.3, 0.4) is 0 Å². The van der Waals surface area contributed by atoms with E-state index in [1.165, 1.54) is 6.07 Å². The molecule has 1 aromatic rings. The summed E-state index contributed by atoms with van der Waals surface area (Å²) in [6.07, 6.45) is 3.12. The molecule has 23 heavy (non-hydrogen) atoms. The molecular formula is C16H26Cl2FN3O. The Kier molecular flexibility index (Phi) is 10.4. The average Bonchev–Trinajstić information content (AvgIpc) is 2.48. The summed E-state index contributed by atoms with van der Waals surface area (Å²) in [7, 11) is 3.81. The van der Waals surface area contributed by atoms with E-state index < -0.39 is 0 Å². The van der Waals surface area contributed by atoms with Gasteiger partial charge in [-0.05, 0) is 51.2 Å². The molecule has 0 bridgehead atoms. The van der Waals surface area contributed by atoms with Crippen molar-refractivity contribution in [2.75, 3.05) is 20.6 Å². The van der Waals surface area contributed by atoms with Crippen LogP contribution in [-0.2, 0) is 17.9 Å². The number of benzene rings is 1. The number of hydrogen-bond donors (Lipinski definition) is 2. The van der Waals surface area contributed by atoms with Gasteiger partial charge in [0.2, 0.25) is 5.91 Å². The van der Waals surface area contributed by atoms with E-state index in [-0.39, 0.29) is 42.6 Å². The Hall–Kier alpha value is -0.880. The second kappa shape index (κ2) is 10.8. The van der Waals surface area contributed by atoms with Gasteiger partial charge >= 0.3 is 0 Å². The first-order valence-corrected chi connectivity index (χ1v) is 7.49. The second-order valence-electron chi connectivity index (χ2n) is 5.88. The number of nitrogens with one attached hydrogen (secondary N) is 2. The number of hydrogen-bond acceptors (Lipinski definition) is 3. The van der Waals surface area contributed by atoms with Crippen molar-refractivity contribution in [1.29, 1.82) is 0 Å². The molecule has 1 aliphatic heterocycles. The Morgan fingerprint density at radius 3 is 2.70 bits per heavy atom. The fourth-order valence-corrected chi connectivity index (χ4v) is 2.59. The van der Waals surface area contributed by atoms with Gasteiger partial charge in [0.05, 0.1) is 6.04 Å². The molecule has 1 heterocycles. The van der Waals surface area contributed by atoms with Gasteiger partial charge in [0.25, 0.3) is 0 Å². The molecule has 1 fully saturated rings. The van der Waals surface area contributed by atoms with E-state index in [0.717, 1.165) is 31.4 Å². The Balaban J connectivity index is 0.00000242. The summed E-state index contributed by atoms with van der Waals surface area (Å²) in [5, 5.41) is 6.15. The number of halogens is 3. The van der Waals surface area contributed by atoms with Gasteiger partial charge in [-0.25, -0.2) is 4.39 Å². The van der Waals surface area contributed by atoms with Crippen molar-refractivity contribution < 1.29 is 9.18 Å². The largest absolute Gasteiger partial charge is 0.351 e. The molecule has 0 aromatic heterocycles. The maximum absolute atomic E-state index is 13.7. The first-order valence-electron chi connectivity index (χ1n) is 7.49. The highest BCUT2D eigenvalue weighted by atomic mass is 35.5. The maximum Gasteiger partial charge on any atom is 0.237 e. The molecule has 0 saturated carbocycles. The van der Waals surface area contributed by atoms with Gasteiger partial charge in [-0.1, -0.05) is 12.5 Å². The SMILES string of the molecule is CN(C)Cc1cc(CNC(=O)[C@H]2CCCCN2)ccc1F.Cl.Cl. The zero-order valence-electron chi connectivity index (χ0n) is 13.6. The van der Waals surface area contributed by atoms with Crippen molar-refractivity contribution >= 4 is 30.7 Å². The van der Waals surface area contributed by atoms with Gasteiger partial charge in [-0.15, -0.1) is 24.8 Å². The van der Waals surface area contributed by atoms with Crippen molar-refractivity contribution in [3.8, 4) is 0 Å². The summed E-state index contributed by atoms with van der Waals surface area (Å²) in [6.45, 7) is 1.90. The van der Waals surface area contributed by atoms with E-state index in [1.807, 2.05) is 25.1 Å². The Morgan fingerprint density at radius 1 is 1.35 bits per heavy atom. The summed E-state index contributed by atoms with van der Waals surface area (Å²) in [5.74, 6) is -0.166. The van der Waals surface area contributed by atoms with Crippen molar-refractivity contribution in [3.05, 3.63) is 35.1 Å². The molecule has 0 spiro atoms. The van der Waals surface area contributed by atoms with E-state index in [9.17, 15) is 9.18 Å². The first kappa shape index (κ1) is 22.1. The molecule has 4 nitrogen and oxygen atoms in total. The van der Waals surface area contributed by atoms with Crippen LogP contribution < -0.4 is 10.6 Å². The molecule has 1 atom stereocenters. The van der Waals surface area contributed by atoms with Crippen LogP contribution in [-0.4, -0.2) is 37.5 Å². The quantitative estimate of drug-likeness (QED) is 0.842. The predicted octanol–water partition coefficient (Wildman–Crippen LogP) is 2.49. The standard InChI is InChI=1S/C16H24FN3O.2ClH/c1-20(2)11-13-9-12(6-7-14(13)17)10-19-16(21)15-5-3-4-8-18-15;;/h6-7,9,15,18H,3-5,8,10-11H2,1-2H3,(H,19,21);2*1H/t15-;;/m1../s1. The smallest absolute Gasteiger partial charge is 0.237 e. The molecule has 2 N–H and O–H groups in total. The average molecular weight is 366 g/mol. The number of nitrogens with zero attached hydrogens (tertiary/aromatic N) is 1. The van der Waals surface area contributed by atoms with Gasteiger partial charge in [-0.3, -0.25) is 4.79 Å². The van der Waals surface area contributed by atoms with E-state index >= 15 is 0 Å². The van der Waals surface area contributed by atoms with Crippen LogP contribution in [0.2, 0.25) is 0 Å². The highest BCUT2D eigenvalue weighted by molar-refractivity contribution is 5.85. The van der Waals surface area contributed by atoms with Crippen molar-refractivity contribution in [2.24, 2.45) is 0 Å². The normalized spacial score (nSPS) is 17.1. The van der Waals surface area contributed by atoms with E-state index in [0.29, 0.717) is 18.7 Å². The topological polar surface area (TPSA) is 44.4 Å². The third kappa shape index (κ3) is 7.04. The molecule has 0 radical (unpaired) electrons. The zero-order valence-corrected chi connectivity index (χ0v) is 15.2. The second-order valence-corrected chi connectivity index (χ2v) is 5.88. The van der Waals surface area contributed by atoms with Gasteiger partial charge in [0, 0.05) is 18.7 Å². The molecule has 1 aliphatic rings. The van der Waals surface area contributed by atoms with Crippen LogP contribution in [0, 0.1) is 5.82 Å². The summed E-state index contributed by atoms with van der Waals surface area (Å²) in [6, 6.07) is 4.94. The fraction of sp³-hybridized carbons (Fsp3) is 0.562. The highest BCUT2D eigenvalue weighted by Crippen LogP contribution is 2.13. The van der Waals surface area contributed by atoms with Crippen LogP contribution in [0.4, 0.5) is 4.39 Å². The summed E-state index contributed by atoms with van der Waals surface area (Å²) in [4.78, 5) is 14.0. The molecule has 132 valence electrons. The third-order valence-electron chi connectivity index (χ3n) is 3.69. The van der Waals surface area contributed by atoms with Gasteiger partial charge < -0.3 is 15.5 Å². The van der Waals surface area contributed by atoms with Crippen LogP contribution in [0.5, 0.6) is 0 Å². The van der Waals surface area contributed by atoms with Crippen molar-refractivity contribution in [1.82, 2.24) is 15.5 Å². The lowest BCUT2D eigenvalue weighted by Crippen LogP contribution is -2.46. The van der Waals surface area contributed by atoms with Gasteiger partial charge in [0.1, 0.15) is 5.82 Å². The Morgan fingerprint density at radius 2 is 2.09 bits per heavy atom. The van der Waals surface area contributed by atoms with Crippen LogP contribution in [0.25, 0.3) is 0 Å². The molecule has 0 unspecified atom stereocenters. The van der Waals surface area contributed by atoms with E-state index in [1.54, 1.807) is 6.07 Å². The molecule has 0 aliphatic carbocycles. The lowest BCUT2D eigenvalue weighted by Gasteiger charge is -2.22. The minimum absolute atomic E-state index is 0. The molecule has 7 heteroatoms. The number of carbonyl (C=O) groups is 1. The van der Waals surface area contributed by atoms with E-state index in [2.05, 4.69) is 10.6 Å². The number of rotatable bonds is 5. The summed E-state index contributed by atoms with van der Waals surface area (Å²) in [5.41, 5.74) is 1.58. The number of amides is 1. The minimum atomic E-state index is -0.201. The lowest BCUT2D eigenvalue weighted by molar-refractivity contribution is -0.123. The van der Waals surface area contributed by atoms with Crippen molar-refractivity contribution in [2.45, 2.75) is 38.4 Å². The Bertz CT molecular complexity index is 494. The summed E-state index contributed by atoms with van der Waals surface area (Å²) < 4.78 is 13.7. The molecule has 1 amide bonds. The van der Waals surface area contributed by atoms with Crippen LogP contribution in [0.15, 0.2) is 18.2 Å². The maximum atomic E-state index is 13.7. The number of piperidine rings is 1. The molecular weight excluding hydrogens is 340 g/mol. The zero-order chi connectivity index (χ0) is 15.2. The molecule has 2 rings (SSSR count). The van der Waals surface area contributed by atoms with Crippen molar-refractivity contribution in [3.63, 3.8) is 0 Å². The fourth-order valence-electron chi connectivity index (χ4n) is 2.59. The molecule has 1 aromatic carbocycles. The van der Waals surface area contributed by atoms with Crippen LogP contribution >= 0.6 is 24.8 Å². The monoisotopic (exact) mass is 365 g/mol. The Labute approximate surface area is 150 Å². The van der Waals surface area contributed by atoms with E-state index in [4.69, 9.17) is 0 Å². The summed E-state index contributed by atoms with van der Waals surface area (Å²) >= 11 is 0. The highest BCUT2D eigenvalue weighted by Gasteiger charge is 2.19. The van der Waals surface area contributed by atoms with Gasteiger partial charge in [-0.2, -0.15) is 0 Å². The molecule has 1 saturated heterocycles. The minimum Gasteiger partial charge on any atom is -0.351 e. The lowest BCUT2D eigenvalue weighted by atomic mass is 10.0. The van der Waals surface area contributed by atoms with Gasteiger partial charge in [0.15, 0.2) is 0 Å². The van der Waals surface area contributed by atoms with Crippen LogP contribution in [0.1, 0.15) is 30.4 Å². The third-order valence-corrected chi connectivity index (χ3v) is 3.69. The first-order chi connectivity index (χ1) is 10.1. The number of carbonyl (C=O) groups excluding carboxylic acids is 1. The predicted molar refractivity (Wildman–Crippen MR) is 95.8 cm³/mol.